The Morgan fingerprint density at radius 3 is 1.86 bits per heavy atom. The van der Waals surface area contributed by atoms with E-state index in [1.54, 1.807) is 0 Å². The van der Waals surface area contributed by atoms with E-state index in [-0.39, 0.29) is 44.2 Å². The van der Waals surface area contributed by atoms with E-state index in [1.807, 2.05) is 4.90 Å². The first kappa shape index (κ1) is 26.8. The molecule has 1 fully saturated rings. The Balaban J connectivity index is 1.62. The van der Waals surface area contributed by atoms with Crippen molar-refractivity contribution in [3.05, 3.63) is 70.5 Å². The predicted octanol–water partition coefficient (Wildman–Crippen LogP) is 5.54. The number of halogens is 7. The minimum atomic E-state index is -5.10. The van der Waals surface area contributed by atoms with Gasteiger partial charge < -0.3 is 10.0 Å². The zero-order valence-corrected chi connectivity index (χ0v) is 18.3. The van der Waals surface area contributed by atoms with Gasteiger partial charge in [-0.3, -0.25) is 9.59 Å². The molecule has 0 aromatic heterocycles. The minimum absolute atomic E-state index is 0.0728. The van der Waals surface area contributed by atoms with Gasteiger partial charge in [0.05, 0.1) is 11.1 Å². The van der Waals surface area contributed by atoms with E-state index >= 15 is 0 Å². The maximum absolute atomic E-state index is 13.1. The van der Waals surface area contributed by atoms with Crippen LogP contribution in [0.15, 0.2) is 42.5 Å². The second-order valence-electron chi connectivity index (χ2n) is 8.53. The molecule has 4 nitrogen and oxygen atoms in total. The molecule has 11 heteroatoms. The summed E-state index contributed by atoms with van der Waals surface area (Å²) < 4.78 is 91.6. The Kier molecular flexibility index (Phi) is 7.71. The molecule has 1 saturated heterocycles. The summed E-state index contributed by atoms with van der Waals surface area (Å²) in [4.78, 5) is 26.8. The van der Waals surface area contributed by atoms with Crippen molar-refractivity contribution in [2.24, 2.45) is 0 Å². The van der Waals surface area contributed by atoms with Crippen LogP contribution in [0.2, 0.25) is 0 Å². The van der Waals surface area contributed by atoms with Crippen molar-refractivity contribution in [2.45, 2.75) is 43.6 Å². The zero-order chi connectivity index (χ0) is 26.0. The smallest absolute Gasteiger partial charge is 0.382 e. The van der Waals surface area contributed by atoms with Crippen LogP contribution in [0.5, 0.6) is 0 Å². The number of piperidine rings is 1. The highest BCUT2D eigenvalue weighted by Gasteiger charge is 2.42. The first-order valence-electron chi connectivity index (χ1n) is 10.8. The molecule has 190 valence electrons. The number of Topliss-reactive ketones (excluding diaryl/α,β-unsaturated/α-hetero) is 2. The van der Waals surface area contributed by atoms with Crippen molar-refractivity contribution >= 4 is 11.6 Å². The molecule has 0 atom stereocenters. The van der Waals surface area contributed by atoms with Gasteiger partial charge in [-0.2, -0.15) is 26.3 Å². The number of likely N-dealkylation sites (tertiary alicyclic amines) is 1. The van der Waals surface area contributed by atoms with Gasteiger partial charge in [-0.25, -0.2) is 4.39 Å². The van der Waals surface area contributed by atoms with Gasteiger partial charge in [-0.05, 0) is 68.3 Å². The molecular weight excluding hydrogens is 483 g/mol. The van der Waals surface area contributed by atoms with E-state index in [2.05, 4.69) is 0 Å². The highest BCUT2D eigenvalue weighted by Crippen LogP contribution is 2.38. The number of rotatable bonds is 7. The number of nitrogens with zero attached hydrogens (tertiary/aromatic N) is 1. The average Bonchev–Trinajstić information content (AvgIpc) is 2.79. The minimum Gasteiger partial charge on any atom is -0.382 e. The number of ketones is 2. The summed E-state index contributed by atoms with van der Waals surface area (Å²) in [5.74, 6) is -1.84. The zero-order valence-electron chi connectivity index (χ0n) is 18.3. The Labute approximate surface area is 196 Å². The normalized spacial score (nSPS) is 16.8. The summed E-state index contributed by atoms with van der Waals surface area (Å²) in [6.07, 6.45) is -9.97. The van der Waals surface area contributed by atoms with Crippen LogP contribution in [-0.2, 0) is 12.4 Å². The van der Waals surface area contributed by atoms with Gasteiger partial charge in [0.1, 0.15) is 11.4 Å². The van der Waals surface area contributed by atoms with Crippen molar-refractivity contribution in [2.75, 3.05) is 19.6 Å². The molecular formula is C24H22F7NO3. The van der Waals surface area contributed by atoms with E-state index in [1.165, 1.54) is 24.3 Å². The fourth-order valence-electron chi connectivity index (χ4n) is 3.97. The highest BCUT2D eigenvalue weighted by molar-refractivity contribution is 6.02. The second-order valence-corrected chi connectivity index (χ2v) is 8.53. The Morgan fingerprint density at radius 2 is 1.37 bits per heavy atom. The molecule has 1 N–H and O–H groups in total. The maximum atomic E-state index is 13.1. The summed E-state index contributed by atoms with van der Waals surface area (Å²) in [5, 5.41) is 10.8. The average molecular weight is 505 g/mol. The van der Waals surface area contributed by atoms with Crippen molar-refractivity contribution in [3.63, 3.8) is 0 Å². The lowest BCUT2D eigenvalue weighted by Crippen LogP contribution is -2.49. The predicted molar refractivity (Wildman–Crippen MR) is 111 cm³/mol. The molecule has 0 bridgehead atoms. The van der Waals surface area contributed by atoms with Gasteiger partial charge in [-0.1, -0.05) is 0 Å². The van der Waals surface area contributed by atoms with Crippen LogP contribution in [0.1, 0.15) is 57.5 Å². The van der Waals surface area contributed by atoms with Crippen LogP contribution in [0, 0.1) is 5.82 Å². The van der Waals surface area contributed by atoms with Crippen molar-refractivity contribution in [3.8, 4) is 0 Å². The van der Waals surface area contributed by atoms with E-state index in [9.17, 15) is 45.4 Å². The number of hydrogen-bond donors (Lipinski definition) is 1. The van der Waals surface area contributed by atoms with Gasteiger partial charge in [0.25, 0.3) is 0 Å². The summed E-state index contributed by atoms with van der Waals surface area (Å²) in [6, 6.07) is 5.68. The van der Waals surface area contributed by atoms with Gasteiger partial charge >= 0.3 is 12.4 Å². The van der Waals surface area contributed by atoms with Crippen molar-refractivity contribution in [1.82, 2.24) is 4.90 Å². The molecule has 0 spiro atoms. The first-order valence-corrected chi connectivity index (χ1v) is 10.8. The molecule has 1 aliphatic heterocycles. The summed E-state index contributed by atoms with van der Waals surface area (Å²) in [5.41, 5.74) is -5.84. The van der Waals surface area contributed by atoms with Crippen LogP contribution in [0.4, 0.5) is 30.7 Å². The fourth-order valence-corrected chi connectivity index (χ4v) is 3.97. The number of benzene rings is 2. The van der Waals surface area contributed by atoms with E-state index in [0.29, 0.717) is 30.7 Å². The third-order valence-corrected chi connectivity index (χ3v) is 6.00. The number of alkyl halides is 6. The van der Waals surface area contributed by atoms with Crippen LogP contribution >= 0.6 is 0 Å². The Hall–Kier alpha value is -2.79. The third kappa shape index (κ3) is 6.66. The number of hydrogen-bond acceptors (Lipinski definition) is 4. The van der Waals surface area contributed by atoms with E-state index in [0.717, 1.165) is 0 Å². The summed E-state index contributed by atoms with van der Waals surface area (Å²) >= 11 is 0. The van der Waals surface area contributed by atoms with Gasteiger partial charge in [0.2, 0.25) is 0 Å². The molecule has 3 rings (SSSR count). The molecule has 0 radical (unpaired) electrons. The Bertz CT molecular complexity index is 1040. The summed E-state index contributed by atoms with van der Waals surface area (Å²) in [7, 11) is 0. The van der Waals surface area contributed by atoms with Crippen molar-refractivity contribution in [1.29, 1.82) is 0 Å². The monoisotopic (exact) mass is 505 g/mol. The molecule has 2 aromatic rings. The molecule has 1 heterocycles. The lowest BCUT2D eigenvalue weighted by Gasteiger charge is -2.37. The molecule has 0 unspecified atom stereocenters. The number of aliphatic hydroxyl groups is 1. The SMILES string of the molecule is O=C(CCCN1CCC(O)(C(=O)c2cc(C(F)(F)F)cc(C(F)(F)F)c2)CC1)c1ccc(F)cc1. The van der Waals surface area contributed by atoms with E-state index < -0.39 is 46.2 Å². The quantitative estimate of drug-likeness (QED) is 0.397. The van der Waals surface area contributed by atoms with Gasteiger partial charge in [0.15, 0.2) is 11.6 Å². The van der Waals surface area contributed by atoms with Gasteiger partial charge in [-0.15, -0.1) is 0 Å². The molecule has 35 heavy (non-hydrogen) atoms. The van der Waals surface area contributed by atoms with E-state index in [4.69, 9.17) is 0 Å². The van der Waals surface area contributed by atoms with Crippen LogP contribution in [-0.4, -0.2) is 46.8 Å². The Morgan fingerprint density at radius 1 is 0.857 bits per heavy atom. The third-order valence-electron chi connectivity index (χ3n) is 6.00. The van der Waals surface area contributed by atoms with Crippen LogP contribution < -0.4 is 0 Å². The molecule has 0 saturated carbocycles. The van der Waals surface area contributed by atoms with Crippen LogP contribution in [0.25, 0.3) is 0 Å². The molecule has 2 aromatic carbocycles. The number of carbonyl (C=O) groups is 2. The molecule has 1 aliphatic rings. The van der Waals surface area contributed by atoms with Crippen molar-refractivity contribution < 1.29 is 45.4 Å². The van der Waals surface area contributed by atoms with Gasteiger partial charge in [0, 0.05) is 30.6 Å². The lowest BCUT2D eigenvalue weighted by molar-refractivity contribution is -0.143. The topological polar surface area (TPSA) is 57.6 Å². The highest BCUT2D eigenvalue weighted by atomic mass is 19.4. The summed E-state index contributed by atoms with van der Waals surface area (Å²) in [6.45, 7) is 0.759. The number of carbonyl (C=O) groups excluding carboxylic acids is 2. The standard InChI is InChI=1S/C24H22F7NO3/c25-19-5-3-15(4-6-19)20(33)2-1-9-32-10-7-22(35,8-11-32)21(34)16-12-17(23(26,27)28)14-18(13-16)24(29,30)31/h3-6,12-14,35H,1-2,7-11H2. The lowest BCUT2D eigenvalue weighted by atomic mass is 9.83. The fraction of sp³-hybridized carbons (Fsp3) is 0.417. The molecule has 0 aliphatic carbocycles. The molecule has 0 amide bonds. The first-order chi connectivity index (χ1) is 16.2. The second kappa shape index (κ2) is 10.1. The van der Waals surface area contributed by atoms with Crippen LogP contribution in [0.3, 0.4) is 0 Å². The maximum Gasteiger partial charge on any atom is 0.416 e. The largest absolute Gasteiger partial charge is 0.416 e.